The van der Waals surface area contributed by atoms with Crippen molar-refractivity contribution in [1.82, 2.24) is 0 Å². The van der Waals surface area contributed by atoms with Crippen LogP contribution in [0.1, 0.15) is 10.4 Å². The summed E-state index contributed by atoms with van der Waals surface area (Å²) >= 11 is 3.34. The molecule has 7 heteroatoms. The minimum Gasteiger partial charge on any atom is -0.496 e. The van der Waals surface area contributed by atoms with Gasteiger partial charge in [0.2, 0.25) is 0 Å². The van der Waals surface area contributed by atoms with Crippen LogP contribution in [0.15, 0.2) is 77.3 Å². The maximum atomic E-state index is 12.4. The molecule has 1 amide bonds. The smallest absolute Gasteiger partial charge is 0.349 e. The van der Waals surface area contributed by atoms with E-state index in [4.69, 9.17) is 14.2 Å². The fraction of sp³-hybridized carbons (Fsp3) is 0.0909. The monoisotopic (exact) mass is 455 g/mol. The SMILES string of the molecule is COc1ccccc1C(=O)Nc1ccc(OC(=O)COc2cccc(Br)c2)cc1. The maximum Gasteiger partial charge on any atom is 0.349 e. The average molecular weight is 456 g/mol. The molecule has 3 rings (SSSR count). The van der Waals surface area contributed by atoms with Gasteiger partial charge in [0.25, 0.3) is 5.91 Å². The van der Waals surface area contributed by atoms with Gasteiger partial charge in [-0.25, -0.2) is 4.79 Å². The second kappa shape index (κ2) is 9.75. The number of para-hydroxylation sites is 1. The molecule has 0 radical (unpaired) electrons. The van der Waals surface area contributed by atoms with Crippen LogP contribution in [0.4, 0.5) is 5.69 Å². The lowest BCUT2D eigenvalue weighted by Gasteiger charge is -2.10. The van der Waals surface area contributed by atoms with Crippen LogP contribution >= 0.6 is 15.9 Å². The minimum absolute atomic E-state index is 0.220. The molecule has 0 atom stereocenters. The molecule has 0 aromatic heterocycles. The summed E-state index contributed by atoms with van der Waals surface area (Å²) in [5.41, 5.74) is 0.987. The summed E-state index contributed by atoms with van der Waals surface area (Å²) in [7, 11) is 1.51. The number of halogens is 1. The predicted molar refractivity (Wildman–Crippen MR) is 113 cm³/mol. The molecule has 0 saturated heterocycles. The Morgan fingerprint density at radius 2 is 1.69 bits per heavy atom. The van der Waals surface area contributed by atoms with Crippen LogP contribution in [0.5, 0.6) is 17.2 Å². The molecule has 3 aromatic rings. The van der Waals surface area contributed by atoms with Gasteiger partial charge >= 0.3 is 5.97 Å². The summed E-state index contributed by atoms with van der Waals surface area (Å²) in [5, 5.41) is 2.78. The van der Waals surface area contributed by atoms with Crippen LogP contribution in [-0.4, -0.2) is 25.6 Å². The first kappa shape index (κ1) is 20.4. The molecule has 6 nitrogen and oxygen atoms in total. The normalized spacial score (nSPS) is 10.1. The van der Waals surface area contributed by atoms with Gasteiger partial charge in [-0.2, -0.15) is 0 Å². The van der Waals surface area contributed by atoms with E-state index < -0.39 is 5.97 Å². The Morgan fingerprint density at radius 1 is 0.931 bits per heavy atom. The van der Waals surface area contributed by atoms with Crippen LogP contribution in [-0.2, 0) is 4.79 Å². The molecule has 0 spiro atoms. The van der Waals surface area contributed by atoms with Gasteiger partial charge in [-0.3, -0.25) is 4.79 Å². The third kappa shape index (κ3) is 5.83. The molecule has 148 valence electrons. The molecule has 0 aliphatic carbocycles. The average Bonchev–Trinajstić information content (AvgIpc) is 2.73. The first-order chi connectivity index (χ1) is 14.0. The fourth-order valence-electron chi connectivity index (χ4n) is 2.50. The van der Waals surface area contributed by atoms with Crippen molar-refractivity contribution in [3.8, 4) is 17.2 Å². The second-order valence-corrected chi connectivity index (χ2v) is 6.81. The number of benzene rings is 3. The van der Waals surface area contributed by atoms with Gasteiger partial charge in [0, 0.05) is 10.2 Å². The van der Waals surface area contributed by atoms with E-state index in [1.54, 1.807) is 60.7 Å². The lowest BCUT2D eigenvalue weighted by Crippen LogP contribution is -2.17. The zero-order chi connectivity index (χ0) is 20.6. The molecular formula is C22H18BrNO5. The Balaban J connectivity index is 1.54. The first-order valence-electron chi connectivity index (χ1n) is 8.68. The number of amides is 1. The Morgan fingerprint density at radius 3 is 2.41 bits per heavy atom. The van der Waals surface area contributed by atoms with E-state index in [0.717, 1.165) is 4.47 Å². The summed E-state index contributed by atoms with van der Waals surface area (Å²) in [4.78, 5) is 24.4. The molecule has 0 aliphatic heterocycles. The van der Waals surface area contributed by atoms with E-state index in [1.807, 2.05) is 12.1 Å². The molecule has 29 heavy (non-hydrogen) atoms. The van der Waals surface area contributed by atoms with Gasteiger partial charge in [-0.15, -0.1) is 0 Å². The lowest BCUT2D eigenvalue weighted by molar-refractivity contribution is -0.136. The van der Waals surface area contributed by atoms with Crippen molar-refractivity contribution in [3.05, 3.63) is 82.8 Å². The maximum absolute atomic E-state index is 12.4. The highest BCUT2D eigenvalue weighted by Gasteiger charge is 2.12. The number of hydrogen-bond acceptors (Lipinski definition) is 5. The lowest BCUT2D eigenvalue weighted by atomic mass is 10.2. The molecule has 0 heterocycles. The highest BCUT2D eigenvalue weighted by atomic mass is 79.9. The Kier molecular flexibility index (Phi) is 6.86. The third-order valence-corrected chi connectivity index (χ3v) is 4.34. The summed E-state index contributed by atoms with van der Waals surface area (Å²) in [5.74, 6) is 0.570. The van der Waals surface area contributed by atoms with E-state index in [-0.39, 0.29) is 12.5 Å². The van der Waals surface area contributed by atoms with E-state index >= 15 is 0 Å². The molecule has 0 fully saturated rings. The van der Waals surface area contributed by atoms with Gasteiger partial charge in [-0.1, -0.05) is 34.1 Å². The van der Waals surface area contributed by atoms with Crippen molar-refractivity contribution in [2.45, 2.75) is 0 Å². The molecule has 3 aromatic carbocycles. The first-order valence-corrected chi connectivity index (χ1v) is 9.48. The van der Waals surface area contributed by atoms with E-state index in [1.165, 1.54) is 7.11 Å². The number of carbonyl (C=O) groups is 2. The van der Waals surface area contributed by atoms with Crippen molar-refractivity contribution >= 4 is 33.5 Å². The number of methoxy groups -OCH3 is 1. The summed E-state index contributed by atoms with van der Waals surface area (Å²) in [6.45, 7) is -0.220. The second-order valence-electron chi connectivity index (χ2n) is 5.90. The van der Waals surface area contributed by atoms with Crippen LogP contribution in [0.2, 0.25) is 0 Å². The number of anilines is 1. The van der Waals surface area contributed by atoms with E-state index in [9.17, 15) is 9.59 Å². The highest BCUT2D eigenvalue weighted by molar-refractivity contribution is 9.10. The van der Waals surface area contributed by atoms with Crippen molar-refractivity contribution in [2.24, 2.45) is 0 Å². The number of esters is 1. The summed E-state index contributed by atoms with van der Waals surface area (Å²) in [6.07, 6.45) is 0. The number of nitrogens with one attached hydrogen (secondary N) is 1. The van der Waals surface area contributed by atoms with Gasteiger partial charge in [0.15, 0.2) is 6.61 Å². The Bertz CT molecular complexity index is 1000. The molecule has 0 saturated carbocycles. The highest BCUT2D eigenvalue weighted by Crippen LogP contribution is 2.21. The van der Waals surface area contributed by atoms with Gasteiger partial charge in [0.1, 0.15) is 17.2 Å². The van der Waals surface area contributed by atoms with Crippen molar-refractivity contribution in [1.29, 1.82) is 0 Å². The third-order valence-electron chi connectivity index (χ3n) is 3.85. The van der Waals surface area contributed by atoms with Crippen molar-refractivity contribution in [3.63, 3.8) is 0 Å². The van der Waals surface area contributed by atoms with Crippen molar-refractivity contribution < 1.29 is 23.8 Å². The zero-order valence-corrected chi connectivity index (χ0v) is 17.1. The van der Waals surface area contributed by atoms with Crippen LogP contribution in [0.25, 0.3) is 0 Å². The number of carbonyl (C=O) groups excluding carboxylic acids is 2. The minimum atomic E-state index is -0.532. The number of hydrogen-bond donors (Lipinski definition) is 1. The molecule has 0 unspecified atom stereocenters. The van der Waals surface area contributed by atoms with Crippen LogP contribution in [0.3, 0.4) is 0 Å². The summed E-state index contributed by atoms with van der Waals surface area (Å²) in [6, 6.07) is 20.6. The number of ether oxygens (including phenoxy) is 3. The Labute approximate surface area is 176 Å². The Hall–Kier alpha value is -3.32. The number of rotatable bonds is 7. The van der Waals surface area contributed by atoms with E-state index in [0.29, 0.717) is 28.5 Å². The van der Waals surface area contributed by atoms with Gasteiger partial charge < -0.3 is 19.5 Å². The van der Waals surface area contributed by atoms with E-state index in [2.05, 4.69) is 21.2 Å². The largest absolute Gasteiger partial charge is 0.496 e. The molecule has 0 bridgehead atoms. The molecule has 1 N–H and O–H groups in total. The molecular weight excluding hydrogens is 438 g/mol. The molecule has 0 aliphatic rings. The van der Waals surface area contributed by atoms with Crippen LogP contribution < -0.4 is 19.5 Å². The summed E-state index contributed by atoms with van der Waals surface area (Å²) < 4.78 is 16.7. The van der Waals surface area contributed by atoms with Gasteiger partial charge in [-0.05, 0) is 54.6 Å². The fourth-order valence-corrected chi connectivity index (χ4v) is 2.88. The quantitative estimate of drug-likeness (QED) is 0.413. The topological polar surface area (TPSA) is 73.9 Å². The van der Waals surface area contributed by atoms with Crippen molar-refractivity contribution in [2.75, 3.05) is 19.0 Å². The zero-order valence-electron chi connectivity index (χ0n) is 15.6. The van der Waals surface area contributed by atoms with Gasteiger partial charge in [0.05, 0.1) is 12.7 Å². The standard InChI is InChI=1S/C22H18BrNO5/c1-27-20-8-3-2-7-19(20)22(26)24-16-9-11-17(12-10-16)29-21(25)14-28-18-6-4-5-15(23)13-18/h2-13H,14H2,1H3,(H,24,26). The predicted octanol–water partition coefficient (Wildman–Crippen LogP) is 4.69. The van der Waals surface area contributed by atoms with Crippen LogP contribution in [0, 0.1) is 0 Å².